The van der Waals surface area contributed by atoms with Gasteiger partial charge in [0, 0.05) is 23.3 Å². The second-order valence-electron chi connectivity index (χ2n) is 7.56. The molecule has 6 nitrogen and oxygen atoms in total. The molecule has 3 aromatic rings. The molecule has 0 unspecified atom stereocenters. The maximum atomic E-state index is 13.3. The summed E-state index contributed by atoms with van der Waals surface area (Å²) in [5.41, 5.74) is 3.78. The van der Waals surface area contributed by atoms with Crippen LogP contribution in [0.3, 0.4) is 0 Å². The Labute approximate surface area is 186 Å². The van der Waals surface area contributed by atoms with E-state index < -0.39 is 12.0 Å². The Kier molecular flexibility index (Phi) is 7.63. The first-order chi connectivity index (χ1) is 14.9. The van der Waals surface area contributed by atoms with Crippen molar-refractivity contribution in [3.05, 3.63) is 59.9 Å². The number of amides is 1. The average Bonchev–Trinajstić information content (AvgIpc) is 2.80. The van der Waals surface area contributed by atoms with Gasteiger partial charge in [0.2, 0.25) is 0 Å². The molecule has 31 heavy (non-hydrogen) atoms. The summed E-state index contributed by atoms with van der Waals surface area (Å²) in [5.74, 6) is 0.268. The highest BCUT2D eigenvalue weighted by Gasteiger charge is 2.23. The number of nitrogens with zero attached hydrogens (tertiary/aromatic N) is 2. The highest BCUT2D eigenvalue weighted by Crippen LogP contribution is 2.27. The molecule has 162 valence electrons. The summed E-state index contributed by atoms with van der Waals surface area (Å²) in [4.78, 5) is 34.5. The zero-order valence-corrected chi connectivity index (χ0v) is 19.0. The number of hydrogen-bond acceptors (Lipinski definition) is 6. The molecule has 7 heteroatoms. The van der Waals surface area contributed by atoms with Crippen molar-refractivity contribution in [1.29, 1.82) is 0 Å². The number of esters is 1. The van der Waals surface area contributed by atoms with E-state index in [0.717, 1.165) is 27.8 Å². The molecule has 2 aromatic heterocycles. The first kappa shape index (κ1) is 22.7. The van der Waals surface area contributed by atoms with Gasteiger partial charge in [0.05, 0.1) is 23.9 Å². The van der Waals surface area contributed by atoms with E-state index in [1.54, 1.807) is 30.2 Å². The minimum absolute atomic E-state index is 0.308. The van der Waals surface area contributed by atoms with Crippen molar-refractivity contribution in [3.63, 3.8) is 0 Å². The van der Waals surface area contributed by atoms with Crippen LogP contribution in [0.4, 0.5) is 0 Å². The van der Waals surface area contributed by atoms with E-state index in [4.69, 9.17) is 9.72 Å². The lowest BCUT2D eigenvalue weighted by atomic mass is 9.97. The Bertz CT molecular complexity index is 1070. The monoisotopic (exact) mass is 437 g/mol. The topological polar surface area (TPSA) is 81.2 Å². The number of fused-ring (bicyclic) bond motifs is 1. The van der Waals surface area contributed by atoms with Crippen molar-refractivity contribution < 1.29 is 14.3 Å². The molecule has 1 aromatic carbocycles. The molecule has 1 atom stereocenters. The van der Waals surface area contributed by atoms with Gasteiger partial charge >= 0.3 is 5.97 Å². The molecule has 2 heterocycles. The van der Waals surface area contributed by atoms with Gasteiger partial charge in [-0.3, -0.25) is 9.78 Å². The van der Waals surface area contributed by atoms with Crippen LogP contribution in [0.2, 0.25) is 0 Å². The molecule has 0 bridgehead atoms. The quantitative estimate of drug-likeness (QED) is 0.525. The summed E-state index contributed by atoms with van der Waals surface area (Å²) >= 11 is 1.61. The number of ether oxygens (including phenoxy) is 1. The highest BCUT2D eigenvalue weighted by atomic mass is 32.2. The Morgan fingerprint density at radius 2 is 2.00 bits per heavy atom. The van der Waals surface area contributed by atoms with Crippen LogP contribution in [0.15, 0.2) is 48.8 Å². The number of hydrogen-bond donors (Lipinski definition) is 1. The molecular weight excluding hydrogens is 410 g/mol. The van der Waals surface area contributed by atoms with Gasteiger partial charge in [-0.1, -0.05) is 19.9 Å². The summed E-state index contributed by atoms with van der Waals surface area (Å²) in [7, 11) is 1.33. The number of carbonyl (C=O) groups excluding carboxylic acids is 2. The van der Waals surface area contributed by atoms with Crippen LogP contribution in [0.25, 0.3) is 22.2 Å². The molecular formula is C24H27N3O3S. The van der Waals surface area contributed by atoms with Crippen molar-refractivity contribution in [1.82, 2.24) is 15.3 Å². The normalized spacial score (nSPS) is 12.0. The van der Waals surface area contributed by atoms with Crippen molar-refractivity contribution >= 4 is 34.5 Å². The molecule has 0 aliphatic rings. The average molecular weight is 438 g/mol. The van der Waals surface area contributed by atoms with Crippen LogP contribution in [0.5, 0.6) is 0 Å². The molecule has 1 N–H and O–H groups in total. The Morgan fingerprint density at radius 1 is 1.19 bits per heavy atom. The number of rotatable bonds is 8. The SMILES string of the molecule is COC(=O)[C@H](CCSC)NC(=O)c1cc(-c2cccnc2)nc2ccc(C(C)C)cc12. The van der Waals surface area contributed by atoms with Gasteiger partial charge in [-0.15, -0.1) is 0 Å². The summed E-state index contributed by atoms with van der Waals surface area (Å²) in [6.45, 7) is 4.21. The van der Waals surface area contributed by atoms with E-state index in [9.17, 15) is 9.59 Å². The summed E-state index contributed by atoms with van der Waals surface area (Å²) < 4.78 is 4.89. The standard InChI is InChI=1S/C24H27N3O3S/c1-15(2)16-7-8-20-18(12-16)19(13-22(26-20)17-6-5-10-25-14-17)23(28)27-21(9-11-31-4)24(29)30-3/h5-8,10,12-15,21H,9,11H2,1-4H3,(H,27,28)/t21-/m0/s1. The third kappa shape index (κ3) is 5.41. The van der Waals surface area contributed by atoms with Gasteiger partial charge in [-0.25, -0.2) is 9.78 Å². The summed E-state index contributed by atoms with van der Waals surface area (Å²) in [6, 6.07) is 10.8. The minimum atomic E-state index is -0.705. The van der Waals surface area contributed by atoms with E-state index in [2.05, 4.69) is 24.1 Å². The molecule has 1 amide bonds. The van der Waals surface area contributed by atoms with Gasteiger partial charge in [0.15, 0.2) is 0 Å². The van der Waals surface area contributed by atoms with Crippen LogP contribution in [-0.2, 0) is 9.53 Å². The minimum Gasteiger partial charge on any atom is -0.467 e. The van der Waals surface area contributed by atoms with E-state index in [0.29, 0.717) is 23.6 Å². The molecule has 0 saturated heterocycles. The predicted molar refractivity (Wildman–Crippen MR) is 125 cm³/mol. The highest BCUT2D eigenvalue weighted by molar-refractivity contribution is 7.98. The molecule has 0 spiro atoms. The van der Waals surface area contributed by atoms with E-state index in [1.807, 2.05) is 36.6 Å². The van der Waals surface area contributed by atoms with E-state index in [1.165, 1.54) is 7.11 Å². The van der Waals surface area contributed by atoms with Crippen LogP contribution >= 0.6 is 11.8 Å². The number of nitrogens with one attached hydrogen (secondary N) is 1. The van der Waals surface area contributed by atoms with Gasteiger partial charge < -0.3 is 10.1 Å². The smallest absolute Gasteiger partial charge is 0.328 e. The summed E-state index contributed by atoms with van der Waals surface area (Å²) in [5, 5.41) is 3.62. The van der Waals surface area contributed by atoms with Crippen LogP contribution in [0.1, 0.15) is 42.1 Å². The second kappa shape index (κ2) is 10.4. The molecule has 0 saturated carbocycles. The number of aromatic nitrogens is 2. The zero-order valence-electron chi connectivity index (χ0n) is 18.2. The lowest BCUT2D eigenvalue weighted by Gasteiger charge is -2.18. The Balaban J connectivity index is 2.09. The Morgan fingerprint density at radius 3 is 2.65 bits per heavy atom. The van der Waals surface area contributed by atoms with Crippen LogP contribution in [0, 0.1) is 0 Å². The lowest BCUT2D eigenvalue weighted by Crippen LogP contribution is -2.42. The fraction of sp³-hybridized carbons (Fsp3) is 0.333. The maximum Gasteiger partial charge on any atom is 0.328 e. The van der Waals surface area contributed by atoms with Crippen molar-refractivity contribution in [2.75, 3.05) is 19.1 Å². The summed E-state index contributed by atoms with van der Waals surface area (Å²) in [6.07, 6.45) is 5.86. The Hall–Kier alpha value is -2.93. The third-order valence-corrected chi connectivity index (χ3v) is 5.75. The van der Waals surface area contributed by atoms with Gasteiger partial charge in [-0.05, 0) is 60.2 Å². The fourth-order valence-electron chi connectivity index (χ4n) is 3.32. The molecule has 3 rings (SSSR count). The number of carbonyl (C=O) groups is 2. The van der Waals surface area contributed by atoms with Crippen molar-refractivity contribution in [3.8, 4) is 11.3 Å². The maximum absolute atomic E-state index is 13.3. The molecule has 0 fully saturated rings. The fourth-order valence-corrected chi connectivity index (χ4v) is 3.79. The molecule has 0 aliphatic heterocycles. The van der Waals surface area contributed by atoms with Crippen LogP contribution < -0.4 is 5.32 Å². The third-order valence-electron chi connectivity index (χ3n) is 5.10. The second-order valence-corrected chi connectivity index (χ2v) is 8.54. The van der Waals surface area contributed by atoms with Gasteiger partial charge in [0.25, 0.3) is 5.91 Å². The largest absolute Gasteiger partial charge is 0.467 e. The van der Waals surface area contributed by atoms with E-state index >= 15 is 0 Å². The molecule has 0 radical (unpaired) electrons. The first-order valence-electron chi connectivity index (χ1n) is 10.2. The number of methoxy groups -OCH3 is 1. The number of benzene rings is 1. The van der Waals surface area contributed by atoms with E-state index in [-0.39, 0.29) is 5.91 Å². The number of pyridine rings is 2. The van der Waals surface area contributed by atoms with Crippen molar-refractivity contribution in [2.24, 2.45) is 0 Å². The van der Waals surface area contributed by atoms with Gasteiger partial charge in [-0.2, -0.15) is 11.8 Å². The number of thioether (sulfide) groups is 1. The van der Waals surface area contributed by atoms with Gasteiger partial charge in [0.1, 0.15) is 6.04 Å². The lowest BCUT2D eigenvalue weighted by molar-refractivity contribution is -0.142. The first-order valence-corrected chi connectivity index (χ1v) is 11.6. The predicted octanol–water partition coefficient (Wildman–Crippen LogP) is 4.44. The molecule has 0 aliphatic carbocycles. The van der Waals surface area contributed by atoms with Crippen LogP contribution in [-0.4, -0.2) is 47.0 Å². The zero-order chi connectivity index (χ0) is 22.4. The van der Waals surface area contributed by atoms with Crippen molar-refractivity contribution in [2.45, 2.75) is 32.2 Å².